The van der Waals surface area contributed by atoms with Crippen LogP contribution in [0.15, 0.2) is 36.7 Å². The number of hydrogen-bond acceptors (Lipinski definition) is 4. The molecular formula is C13H15N5O. The molecule has 1 aliphatic heterocycles. The number of rotatable bonds is 2. The molecule has 98 valence electrons. The van der Waals surface area contributed by atoms with E-state index in [2.05, 4.69) is 15.6 Å². The smallest absolute Gasteiger partial charge is 0.274 e. The summed E-state index contributed by atoms with van der Waals surface area (Å²) in [6, 6.07) is 10.0. The lowest BCUT2D eigenvalue weighted by Gasteiger charge is -2.11. The van der Waals surface area contributed by atoms with E-state index in [9.17, 15) is 4.79 Å². The SMILES string of the molecule is NC1CNc2c(ncn2Cc2ccccc2)C(=O)N1. The van der Waals surface area contributed by atoms with Crippen LogP contribution in [-0.4, -0.2) is 28.2 Å². The Hall–Kier alpha value is -2.34. The average Bonchev–Trinajstić information content (AvgIpc) is 2.74. The second-order valence-corrected chi connectivity index (χ2v) is 4.52. The number of hydrogen-bond donors (Lipinski definition) is 3. The summed E-state index contributed by atoms with van der Waals surface area (Å²) in [6.45, 7) is 1.15. The molecule has 0 saturated carbocycles. The molecule has 2 heterocycles. The predicted octanol–water partition coefficient (Wildman–Crippen LogP) is 0.371. The maximum Gasteiger partial charge on any atom is 0.274 e. The highest BCUT2D eigenvalue weighted by atomic mass is 16.2. The van der Waals surface area contributed by atoms with Gasteiger partial charge in [0.15, 0.2) is 5.69 Å². The average molecular weight is 257 g/mol. The summed E-state index contributed by atoms with van der Waals surface area (Å²) in [5.74, 6) is 0.480. The first-order valence-corrected chi connectivity index (χ1v) is 6.13. The molecule has 0 spiro atoms. The third kappa shape index (κ3) is 2.30. The van der Waals surface area contributed by atoms with Crippen molar-refractivity contribution in [1.29, 1.82) is 0 Å². The number of aromatic nitrogens is 2. The summed E-state index contributed by atoms with van der Waals surface area (Å²) >= 11 is 0. The zero-order valence-corrected chi connectivity index (χ0v) is 10.3. The number of carbonyl (C=O) groups excluding carboxylic acids is 1. The zero-order valence-electron chi connectivity index (χ0n) is 10.3. The summed E-state index contributed by atoms with van der Waals surface area (Å²) in [6.07, 6.45) is 1.27. The van der Waals surface area contributed by atoms with Gasteiger partial charge in [0.25, 0.3) is 5.91 Å². The van der Waals surface area contributed by atoms with E-state index in [1.165, 1.54) is 0 Å². The Labute approximate surface area is 110 Å². The summed E-state index contributed by atoms with van der Waals surface area (Å²) in [5.41, 5.74) is 7.28. The predicted molar refractivity (Wildman–Crippen MR) is 71.7 cm³/mol. The van der Waals surface area contributed by atoms with Gasteiger partial charge in [0.2, 0.25) is 0 Å². The molecule has 0 fully saturated rings. The summed E-state index contributed by atoms with van der Waals surface area (Å²) in [5, 5.41) is 5.84. The standard InChI is InChI=1S/C13H15N5O/c14-10-6-15-12-11(13(19)17-10)16-8-18(12)7-9-4-2-1-3-5-9/h1-5,8,10,15H,6-7,14H2,(H,17,19). The first-order valence-electron chi connectivity index (χ1n) is 6.13. The van der Waals surface area contributed by atoms with Gasteiger partial charge in [0, 0.05) is 6.54 Å². The molecule has 6 nitrogen and oxygen atoms in total. The molecule has 1 aromatic carbocycles. The number of nitrogens with two attached hydrogens (primary N) is 1. The molecule has 3 rings (SSSR count). The van der Waals surface area contributed by atoms with Gasteiger partial charge in [0.05, 0.1) is 19.0 Å². The fraction of sp³-hybridized carbons (Fsp3) is 0.231. The molecule has 2 aromatic rings. The summed E-state index contributed by atoms with van der Waals surface area (Å²) in [7, 11) is 0. The molecule has 6 heteroatoms. The Bertz CT molecular complexity index is 592. The van der Waals surface area contributed by atoms with Crippen molar-refractivity contribution in [2.75, 3.05) is 11.9 Å². The van der Waals surface area contributed by atoms with Crippen LogP contribution >= 0.6 is 0 Å². The van der Waals surface area contributed by atoms with Gasteiger partial charge in [-0.25, -0.2) is 4.98 Å². The van der Waals surface area contributed by atoms with Gasteiger partial charge in [-0.05, 0) is 5.56 Å². The Kier molecular flexibility index (Phi) is 2.92. The van der Waals surface area contributed by atoms with Crippen molar-refractivity contribution in [3.8, 4) is 0 Å². The molecule has 0 saturated heterocycles. The maximum absolute atomic E-state index is 11.9. The second kappa shape index (κ2) is 4.74. The van der Waals surface area contributed by atoms with E-state index >= 15 is 0 Å². The van der Waals surface area contributed by atoms with Crippen LogP contribution in [-0.2, 0) is 6.54 Å². The quantitative estimate of drug-likeness (QED) is 0.725. The highest BCUT2D eigenvalue weighted by molar-refractivity contribution is 5.97. The monoisotopic (exact) mass is 257 g/mol. The topological polar surface area (TPSA) is 85.0 Å². The molecule has 0 aliphatic carbocycles. The lowest BCUT2D eigenvalue weighted by atomic mass is 10.2. The van der Waals surface area contributed by atoms with Crippen LogP contribution < -0.4 is 16.4 Å². The van der Waals surface area contributed by atoms with Crippen molar-refractivity contribution in [1.82, 2.24) is 14.9 Å². The van der Waals surface area contributed by atoms with Crippen LogP contribution in [0.1, 0.15) is 16.1 Å². The Balaban J connectivity index is 1.91. The fourth-order valence-electron chi connectivity index (χ4n) is 2.13. The minimum atomic E-state index is -0.396. The molecule has 1 amide bonds. The molecule has 1 atom stereocenters. The normalized spacial score (nSPS) is 18.2. The molecule has 0 radical (unpaired) electrons. The third-order valence-electron chi connectivity index (χ3n) is 3.05. The Morgan fingerprint density at radius 1 is 1.37 bits per heavy atom. The Morgan fingerprint density at radius 3 is 2.95 bits per heavy atom. The van der Waals surface area contributed by atoms with E-state index in [1.54, 1.807) is 6.33 Å². The van der Waals surface area contributed by atoms with E-state index in [4.69, 9.17) is 5.73 Å². The lowest BCUT2D eigenvalue weighted by Crippen LogP contribution is -2.44. The van der Waals surface area contributed by atoms with Crippen molar-refractivity contribution >= 4 is 11.7 Å². The number of fused-ring (bicyclic) bond motifs is 1. The van der Waals surface area contributed by atoms with E-state index < -0.39 is 6.17 Å². The van der Waals surface area contributed by atoms with E-state index in [0.717, 1.165) is 5.56 Å². The largest absolute Gasteiger partial charge is 0.366 e. The van der Waals surface area contributed by atoms with E-state index in [-0.39, 0.29) is 5.91 Å². The minimum Gasteiger partial charge on any atom is -0.366 e. The molecule has 0 bridgehead atoms. The van der Waals surface area contributed by atoms with Crippen LogP contribution in [0.25, 0.3) is 0 Å². The van der Waals surface area contributed by atoms with Gasteiger partial charge >= 0.3 is 0 Å². The van der Waals surface area contributed by atoms with Gasteiger partial charge in [-0.1, -0.05) is 30.3 Å². The zero-order chi connectivity index (χ0) is 13.2. The number of nitrogens with zero attached hydrogens (tertiary/aromatic N) is 2. The van der Waals surface area contributed by atoms with Gasteiger partial charge in [-0.15, -0.1) is 0 Å². The molecular weight excluding hydrogens is 242 g/mol. The van der Waals surface area contributed by atoms with Crippen LogP contribution in [0.4, 0.5) is 5.82 Å². The van der Waals surface area contributed by atoms with Crippen molar-refractivity contribution in [3.05, 3.63) is 47.9 Å². The Morgan fingerprint density at radius 2 is 2.16 bits per heavy atom. The van der Waals surface area contributed by atoms with Crippen LogP contribution in [0.3, 0.4) is 0 Å². The van der Waals surface area contributed by atoms with Gasteiger partial charge in [-0.2, -0.15) is 0 Å². The number of imidazole rings is 1. The highest BCUT2D eigenvalue weighted by Crippen LogP contribution is 2.18. The molecule has 19 heavy (non-hydrogen) atoms. The number of benzene rings is 1. The number of carbonyl (C=O) groups is 1. The maximum atomic E-state index is 11.9. The van der Waals surface area contributed by atoms with Crippen molar-refractivity contribution < 1.29 is 4.79 Å². The van der Waals surface area contributed by atoms with Crippen molar-refractivity contribution in [3.63, 3.8) is 0 Å². The van der Waals surface area contributed by atoms with Crippen LogP contribution in [0, 0.1) is 0 Å². The number of anilines is 1. The molecule has 4 N–H and O–H groups in total. The van der Waals surface area contributed by atoms with Crippen LogP contribution in [0.2, 0.25) is 0 Å². The molecule has 1 aliphatic rings. The van der Waals surface area contributed by atoms with Gasteiger partial charge in [0.1, 0.15) is 5.82 Å². The fourth-order valence-corrected chi connectivity index (χ4v) is 2.13. The van der Waals surface area contributed by atoms with Crippen LogP contribution in [0.5, 0.6) is 0 Å². The van der Waals surface area contributed by atoms with E-state index in [1.807, 2.05) is 34.9 Å². The second-order valence-electron chi connectivity index (χ2n) is 4.52. The van der Waals surface area contributed by atoms with Crippen molar-refractivity contribution in [2.24, 2.45) is 5.73 Å². The van der Waals surface area contributed by atoms with Gasteiger partial charge in [-0.3, -0.25) is 4.79 Å². The summed E-state index contributed by atoms with van der Waals surface area (Å²) < 4.78 is 1.92. The van der Waals surface area contributed by atoms with Crippen molar-refractivity contribution in [2.45, 2.75) is 12.7 Å². The molecule has 1 aromatic heterocycles. The first kappa shape index (κ1) is 11.7. The third-order valence-corrected chi connectivity index (χ3v) is 3.05. The number of nitrogens with one attached hydrogen (secondary N) is 2. The number of amides is 1. The lowest BCUT2D eigenvalue weighted by molar-refractivity contribution is 0.0939. The van der Waals surface area contributed by atoms with E-state index in [0.29, 0.717) is 24.6 Å². The highest BCUT2D eigenvalue weighted by Gasteiger charge is 2.23. The minimum absolute atomic E-state index is 0.237. The first-order chi connectivity index (χ1) is 9.24. The van der Waals surface area contributed by atoms with Gasteiger partial charge < -0.3 is 20.9 Å². The molecule has 1 unspecified atom stereocenters. The summed E-state index contributed by atoms with van der Waals surface area (Å²) in [4.78, 5) is 16.0.